The quantitative estimate of drug-likeness (QED) is 0.510. The first-order chi connectivity index (χ1) is 13.6. The maximum Gasteiger partial charge on any atom is 0.122 e. The molecule has 4 nitrogen and oxygen atoms in total. The van der Waals surface area contributed by atoms with E-state index in [0.717, 1.165) is 27.8 Å². The Kier molecular flexibility index (Phi) is 5.98. The van der Waals surface area contributed by atoms with Crippen LogP contribution in [-0.2, 0) is 6.54 Å². The maximum atomic E-state index is 9.52. The molecule has 0 atom stereocenters. The third-order valence-electron chi connectivity index (χ3n) is 4.34. The summed E-state index contributed by atoms with van der Waals surface area (Å²) in [7, 11) is 0. The molecule has 3 aromatic rings. The number of aliphatic imine (C=N–C) groups is 2. The fourth-order valence-electron chi connectivity index (χ4n) is 2.98. The molecule has 0 amide bonds. The van der Waals surface area contributed by atoms with Gasteiger partial charge in [0.25, 0.3) is 0 Å². The number of nitrogens with two attached hydrogens (primary N) is 1. The van der Waals surface area contributed by atoms with Crippen molar-refractivity contribution in [3.8, 4) is 28.3 Å². The molecular formula is C24H22N4. The van der Waals surface area contributed by atoms with Crippen molar-refractivity contribution in [1.29, 1.82) is 5.26 Å². The Morgan fingerprint density at radius 3 is 2.21 bits per heavy atom. The Hall–Kier alpha value is -3.71. The normalized spacial score (nSPS) is 11.9. The summed E-state index contributed by atoms with van der Waals surface area (Å²) in [6, 6.07) is 26.5. The molecule has 0 aliphatic rings. The lowest BCUT2D eigenvalue weighted by molar-refractivity contribution is 1.06. The van der Waals surface area contributed by atoms with E-state index in [1.807, 2.05) is 61.5 Å². The molecule has 4 heteroatoms. The highest BCUT2D eigenvalue weighted by molar-refractivity contribution is 5.93. The van der Waals surface area contributed by atoms with E-state index >= 15 is 0 Å². The third kappa shape index (κ3) is 4.72. The van der Waals surface area contributed by atoms with E-state index in [0.29, 0.717) is 23.8 Å². The highest BCUT2D eigenvalue weighted by atomic mass is 14.9. The van der Waals surface area contributed by atoms with Crippen LogP contribution in [0, 0.1) is 11.3 Å². The molecule has 0 bridgehead atoms. The third-order valence-corrected chi connectivity index (χ3v) is 4.34. The summed E-state index contributed by atoms with van der Waals surface area (Å²) in [5.74, 6) is 1.16. The standard InChI is InChI=1S/C24H22N4/c1-17(26)28-18(2)27-16-19-8-10-21(11-9-19)24-14-22(12-13-23(24)15-25)20-6-4-3-5-7-20/h3-14H,16H2,1-2H3,(H2,26,27,28). The van der Waals surface area contributed by atoms with Gasteiger partial charge in [-0.3, -0.25) is 4.99 Å². The van der Waals surface area contributed by atoms with E-state index in [2.05, 4.69) is 34.3 Å². The van der Waals surface area contributed by atoms with Gasteiger partial charge in [0.15, 0.2) is 0 Å². The second kappa shape index (κ2) is 8.79. The van der Waals surface area contributed by atoms with Crippen LogP contribution in [0.2, 0.25) is 0 Å². The number of hydrogen-bond donors (Lipinski definition) is 1. The smallest absolute Gasteiger partial charge is 0.122 e. The average Bonchev–Trinajstić information content (AvgIpc) is 2.72. The Morgan fingerprint density at radius 2 is 1.57 bits per heavy atom. The van der Waals surface area contributed by atoms with Crippen molar-refractivity contribution in [2.24, 2.45) is 15.7 Å². The number of nitrogens with zero attached hydrogens (tertiary/aromatic N) is 3. The van der Waals surface area contributed by atoms with Gasteiger partial charge in [0, 0.05) is 5.56 Å². The summed E-state index contributed by atoms with van der Waals surface area (Å²) in [6.07, 6.45) is 0. The summed E-state index contributed by atoms with van der Waals surface area (Å²) in [5, 5.41) is 9.52. The molecule has 0 radical (unpaired) electrons. The topological polar surface area (TPSA) is 74.5 Å². The number of nitriles is 1. The van der Waals surface area contributed by atoms with Crippen LogP contribution in [0.25, 0.3) is 22.3 Å². The van der Waals surface area contributed by atoms with Crippen molar-refractivity contribution < 1.29 is 0 Å². The van der Waals surface area contributed by atoms with Gasteiger partial charge < -0.3 is 5.73 Å². The van der Waals surface area contributed by atoms with Crippen LogP contribution in [0.1, 0.15) is 25.0 Å². The fraction of sp³-hybridized carbons (Fsp3) is 0.125. The van der Waals surface area contributed by atoms with Crippen molar-refractivity contribution in [2.75, 3.05) is 0 Å². The molecule has 0 saturated heterocycles. The predicted molar refractivity (Wildman–Crippen MR) is 116 cm³/mol. The van der Waals surface area contributed by atoms with Crippen LogP contribution in [0.5, 0.6) is 0 Å². The molecule has 0 saturated carbocycles. The maximum absolute atomic E-state index is 9.52. The lowest BCUT2D eigenvalue weighted by Gasteiger charge is -2.09. The van der Waals surface area contributed by atoms with Gasteiger partial charge in [-0.05, 0) is 48.2 Å². The SMILES string of the molecule is CC(N)=NC(C)=NCc1ccc(-c2cc(-c3ccccc3)ccc2C#N)cc1. The molecule has 3 aromatic carbocycles. The highest BCUT2D eigenvalue weighted by Crippen LogP contribution is 2.29. The minimum absolute atomic E-state index is 0.499. The minimum Gasteiger partial charge on any atom is -0.387 e. The average molecular weight is 366 g/mol. The van der Waals surface area contributed by atoms with Gasteiger partial charge >= 0.3 is 0 Å². The molecule has 0 unspecified atom stereocenters. The Morgan fingerprint density at radius 1 is 0.893 bits per heavy atom. The summed E-state index contributed by atoms with van der Waals surface area (Å²) in [4.78, 5) is 8.55. The van der Waals surface area contributed by atoms with Gasteiger partial charge in [0.1, 0.15) is 5.84 Å². The Bertz CT molecular complexity index is 1050. The van der Waals surface area contributed by atoms with Gasteiger partial charge in [-0.15, -0.1) is 0 Å². The number of amidine groups is 2. The Labute approximate surface area is 165 Å². The van der Waals surface area contributed by atoms with Crippen molar-refractivity contribution in [1.82, 2.24) is 0 Å². The van der Waals surface area contributed by atoms with Gasteiger partial charge in [0.2, 0.25) is 0 Å². The zero-order chi connectivity index (χ0) is 19.9. The first-order valence-electron chi connectivity index (χ1n) is 9.07. The van der Waals surface area contributed by atoms with E-state index in [1.54, 1.807) is 6.92 Å². The van der Waals surface area contributed by atoms with Crippen LogP contribution in [0.4, 0.5) is 0 Å². The summed E-state index contributed by atoms with van der Waals surface area (Å²) < 4.78 is 0. The molecule has 0 heterocycles. The van der Waals surface area contributed by atoms with Crippen LogP contribution in [0.15, 0.2) is 82.8 Å². The molecule has 28 heavy (non-hydrogen) atoms. The van der Waals surface area contributed by atoms with Gasteiger partial charge in [0.05, 0.1) is 24.0 Å². The molecule has 0 fully saturated rings. The molecule has 0 aliphatic carbocycles. The first-order valence-corrected chi connectivity index (χ1v) is 9.07. The van der Waals surface area contributed by atoms with E-state index in [9.17, 15) is 5.26 Å². The van der Waals surface area contributed by atoms with E-state index in [4.69, 9.17) is 5.73 Å². The molecule has 138 valence electrons. The van der Waals surface area contributed by atoms with Gasteiger partial charge in [-0.2, -0.15) is 5.26 Å². The van der Waals surface area contributed by atoms with E-state index in [-0.39, 0.29) is 0 Å². The molecular weight excluding hydrogens is 344 g/mol. The minimum atomic E-state index is 0.499. The Balaban J connectivity index is 1.89. The second-order valence-electron chi connectivity index (χ2n) is 6.55. The number of rotatable bonds is 4. The lowest BCUT2D eigenvalue weighted by atomic mass is 9.94. The lowest BCUT2D eigenvalue weighted by Crippen LogP contribution is -2.07. The van der Waals surface area contributed by atoms with Crippen LogP contribution >= 0.6 is 0 Å². The highest BCUT2D eigenvalue weighted by Gasteiger charge is 2.08. The molecule has 3 rings (SSSR count). The monoisotopic (exact) mass is 366 g/mol. The van der Waals surface area contributed by atoms with E-state index in [1.165, 1.54) is 0 Å². The van der Waals surface area contributed by atoms with Gasteiger partial charge in [-0.1, -0.05) is 60.7 Å². The molecule has 2 N–H and O–H groups in total. The van der Waals surface area contributed by atoms with Crippen molar-refractivity contribution in [3.63, 3.8) is 0 Å². The molecule has 0 aliphatic heterocycles. The molecule has 0 spiro atoms. The van der Waals surface area contributed by atoms with Crippen LogP contribution in [0.3, 0.4) is 0 Å². The number of benzene rings is 3. The van der Waals surface area contributed by atoms with Crippen molar-refractivity contribution in [2.45, 2.75) is 20.4 Å². The predicted octanol–water partition coefficient (Wildman–Crippen LogP) is 5.19. The number of hydrogen-bond acceptors (Lipinski definition) is 2. The van der Waals surface area contributed by atoms with Crippen molar-refractivity contribution in [3.05, 3.63) is 83.9 Å². The zero-order valence-electron chi connectivity index (χ0n) is 16.1. The van der Waals surface area contributed by atoms with E-state index < -0.39 is 0 Å². The summed E-state index contributed by atoms with van der Waals surface area (Å²) in [5.41, 5.74) is 11.5. The second-order valence-corrected chi connectivity index (χ2v) is 6.55. The summed E-state index contributed by atoms with van der Waals surface area (Å²) in [6.45, 7) is 4.11. The first kappa shape index (κ1) is 19.1. The fourth-order valence-corrected chi connectivity index (χ4v) is 2.98. The van der Waals surface area contributed by atoms with Crippen LogP contribution in [-0.4, -0.2) is 11.7 Å². The molecule has 0 aromatic heterocycles. The largest absolute Gasteiger partial charge is 0.387 e. The van der Waals surface area contributed by atoms with Crippen LogP contribution < -0.4 is 5.73 Å². The van der Waals surface area contributed by atoms with Gasteiger partial charge in [-0.25, -0.2) is 4.99 Å². The van der Waals surface area contributed by atoms with Crippen molar-refractivity contribution >= 4 is 11.7 Å². The summed E-state index contributed by atoms with van der Waals surface area (Å²) >= 11 is 0. The zero-order valence-corrected chi connectivity index (χ0v) is 16.1.